The number of aromatic nitrogens is 2. The highest BCUT2D eigenvalue weighted by molar-refractivity contribution is 5.76. The van der Waals surface area contributed by atoms with Crippen molar-refractivity contribution in [3.63, 3.8) is 0 Å². The molecule has 0 saturated heterocycles. The lowest BCUT2D eigenvalue weighted by atomic mass is 10.1. The van der Waals surface area contributed by atoms with E-state index in [1.807, 2.05) is 30.3 Å². The number of aliphatic carboxylic acids is 1. The average Bonchev–Trinajstić information content (AvgIpc) is 3.06. The van der Waals surface area contributed by atoms with Crippen molar-refractivity contribution < 1.29 is 27.8 Å². The summed E-state index contributed by atoms with van der Waals surface area (Å²) >= 11 is 0. The van der Waals surface area contributed by atoms with Gasteiger partial charge in [0, 0.05) is 18.7 Å². The summed E-state index contributed by atoms with van der Waals surface area (Å²) in [6.07, 6.45) is 4.77. The van der Waals surface area contributed by atoms with E-state index in [4.69, 9.17) is 14.6 Å². The molecule has 1 heterocycles. The van der Waals surface area contributed by atoms with Crippen molar-refractivity contribution in [1.82, 2.24) is 15.3 Å². The van der Waals surface area contributed by atoms with Gasteiger partial charge in [0.15, 0.2) is 0 Å². The third kappa shape index (κ3) is 7.26. The molecule has 1 saturated carbocycles. The Kier molecular flexibility index (Phi) is 8.10. The number of carbonyl (C=O) groups is 1. The summed E-state index contributed by atoms with van der Waals surface area (Å²) < 4.78 is 37.7. The first kappa shape index (κ1) is 23.6. The normalized spacial score (nSPS) is 15.0. The Morgan fingerprint density at radius 2 is 1.69 bits per heavy atom. The molecule has 0 unspecified atom stereocenters. The van der Waals surface area contributed by atoms with Crippen molar-refractivity contribution in [3.05, 3.63) is 54.4 Å². The molecule has 0 bridgehead atoms. The van der Waals surface area contributed by atoms with Gasteiger partial charge in [-0.2, -0.15) is 13.2 Å². The monoisotopic (exact) mass is 449 g/mol. The fourth-order valence-electron chi connectivity index (χ4n) is 3.53. The highest BCUT2D eigenvalue weighted by atomic mass is 19.4. The van der Waals surface area contributed by atoms with Gasteiger partial charge in [-0.25, -0.2) is 9.78 Å². The summed E-state index contributed by atoms with van der Waals surface area (Å²) in [4.78, 5) is 16.3. The van der Waals surface area contributed by atoms with E-state index in [0.29, 0.717) is 6.04 Å². The standard InChI is InChI=1S/C21H25N3O.C2HF3O2/c1-2-4-6-17(5-3-1)22-14-16-7-9-18(10-8-16)25-19-11-12-20-21(13-19)24-15-23-20;3-2(4,5)1(6)7/h7-13,15,17,22H,1-6,14H2,(H,23,24);(H,6,7). The highest BCUT2D eigenvalue weighted by Gasteiger charge is 2.38. The number of nitrogens with zero attached hydrogens (tertiary/aromatic N) is 1. The largest absolute Gasteiger partial charge is 0.490 e. The number of benzene rings is 2. The molecule has 1 aliphatic carbocycles. The van der Waals surface area contributed by atoms with Crippen LogP contribution in [-0.4, -0.2) is 33.3 Å². The van der Waals surface area contributed by atoms with Crippen LogP contribution in [0, 0.1) is 0 Å². The van der Waals surface area contributed by atoms with Crippen LogP contribution in [0.3, 0.4) is 0 Å². The predicted octanol–water partition coefficient (Wildman–Crippen LogP) is 5.80. The molecule has 3 aromatic rings. The summed E-state index contributed by atoms with van der Waals surface area (Å²) in [6.45, 7) is 0.935. The molecule has 1 aliphatic rings. The molecule has 0 spiro atoms. The van der Waals surface area contributed by atoms with Crippen molar-refractivity contribution in [1.29, 1.82) is 0 Å². The maximum atomic E-state index is 10.6. The minimum atomic E-state index is -5.08. The zero-order chi connectivity index (χ0) is 23.0. The van der Waals surface area contributed by atoms with E-state index in [2.05, 4.69) is 27.4 Å². The number of carboxylic acids is 1. The van der Waals surface area contributed by atoms with Crippen molar-refractivity contribution >= 4 is 17.0 Å². The first-order valence-electron chi connectivity index (χ1n) is 10.5. The topological polar surface area (TPSA) is 87.2 Å². The fraction of sp³-hybridized carbons (Fsp3) is 0.391. The molecule has 9 heteroatoms. The quantitative estimate of drug-likeness (QED) is 0.429. The number of carboxylic acid groups (broad SMARTS) is 1. The molecule has 2 aromatic carbocycles. The Hall–Kier alpha value is -3.07. The van der Waals surface area contributed by atoms with Crippen LogP contribution < -0.4 is 10.1 Å². The molecule has 6 nitrogen and oxygen atoms in total. The zero-order valence-electron chi connectivity index (χ0n) is 17.5. The lowest BCUT2D eigenvalue weighted by Crippen LogP contribution is -2.27. The van der Waals surface area contributed by atoms with E-state index in [9.17, 15) is 13.2 Å². The van der Waals surface area contributed by atoms with Gasteiger partial charge in [0.1, 0.15) is 11.5 Å². The van der Waals surface area contributed by atoms with E-state index in [1.54, 1.807) is 6.33 Å². The van der Waals surface area contributed by atoms with Crippen molar-refractivity contribution in [2.45, 2.75) is 57.3 Å². The number of H-pyrrole nitrogens is 1. The number of hydrogen-bond acceptors (Lipinski definition) is 4. The molecule has 1 aromatic heterocycles. The van der Waals surface area contributed by atoms with Crippen LogP contribution in [-0.2, 0) is 11.3 Å². The summed E-state index contributed by atoms with van der Waals surface area (Å²) in [6, 6.07) is 15.0. The van der Waals surface area contributed by atoms with Crippen LogP contribution in [0.15, 0.2) is 48.8 Å². The maximum Gasteiger partial charge on any atom is 0.490 e. The number of fused-ring (bicyclic) bond motifs is 1. The van der Waals surface area contributed by atoms with Gasteiger partial charge in [0.2, 0.25) is 0 Å². The predicted molar refractivity (Wildman–Crippen MR) is 115 cm³/mol. The van der Waals surface area contributed by atoms with E-state index in [-0.39, 0.29) is 0 Å². The molecule has 1 fully saturated rings. The lowest BCUT2D eigenvalue weighted by molar-refractivity contribution is -0.192. The zero-order valence-corrected chi connectivity index (χ0v) is 17.5. The molecule has 0 amide bonds. The van der Waals surface area contributed by atoms with E-state index < -0.39 is 12.1 Å². The number of ether oxygens (including phenoxy) is 1. The molecule has 0 aliphatic heterocycles. The molecular formula is C23H26F3N3O3. The Balaban J connectivity index is 0.000000360. The maximum absolute atomic E-state index is 10.6. The minimum absolute atomic E-state index is 0.680. The smallest absolute Gasteiger partial charge is 0.475 e. The van der Waals surface area contributed by atoms with Gasteiger partial charge in [-0.15, -0.1) is 0 Å². The Morgan fingerprint density at radius 1 is 1.06 bits per heavy atom. The third-order valence-corrected chi connectivity index (χ3v) is 5.24. The molecule has 0 atom stereocenters. The number of aromatic amines is 1. The van der Waals surface area contributed by atoms with Gasteiger partial charge in [-0.3, -0.25) is 0 Å². The second-order valence-electron chi connectivity index (χ2n) is 7.70. The van der Waals surface area contributed by atoms with Crippen LogP contribution in [0.4, 0.5) is 13.2 Å². The number of nitrogens with one attached hydrogen (secondary N) is 2. The first-order valence-corrected chi connectivity index (χ1v) is 10.5. The van der Waals surface area contributed by atoms with Gasteiger partial charge in [-0.1, -0.05) is 37.8 Å². The molecular weight excluding hydrogens is 423 g/mol. The Bertz CT molecular complexity index is 995. The lowest BCUT2D eigenvalue weighted by Gasteiger charge is -2.16. The van der Waals surface area contributed by atoms with E-state index in [0.717, 1.165) is 29.1 Å². The number of halogens is 3. The summed E-state index contributed by atoms with van der Waals surface area (Å²) in [5, 5.41) is 10.8. The first-order chi connectivity index (χ1) is 15.3. The van der Waals surface area contributed by atoms with Crippen molar-refractivity contribution in [2.24, 2.45) is 0 Å². The minimum Gasteiger partial charge on any atom is -0.475 e. The third-order valence-electron chi connectivity index (χ3n) is 5.24. The number of hydrogen-bond donors (Lipinski definition) is 3. The summed E-state index contributed by atoms with van der Waals surface area (Å²) in [5.74, 6) is -1.09. The van der Waals surface area contributed by atoms with Crippen LogP contribution in [0.2, 0.25) is 0 Å². The molecule has 172 valence electrons. The molecule has 0 radical (unpaired) electrons. The Labute approximate surface area is 183 Å². The van der Waals surface area contributed by atoms with Gasteiger partial charge < -0.3 is 20.1 Å². The van der Waals surface area contributed by atoms with Gasteiger partial charge in [0.05, 0.1) is 17.4 Å². The van der Waals surface area contributed by atoms with Gasteiger partial charge >= 0.3 is 12.1 Å². The fourth-order valence-corrected chi connectivity index (χ4v) is 3.53. The average molecular weight is 449 g/mol. The van der Waals surface area contributed by atoms with Crippen LogP contribution >= 0.6 is 0 Å². The highest BCUT2D eigenvalue weighted by Crippen LogP contribution is 2.25. The van der Waals surface area contributed by atoms with Crippen molar-refractivity contribution in [2.75, 3.05) is 0 Å². The van der Waals surface area contributed by atoms with E-state index in [1.165, 1.54) is 44.1 Å². The van der Waals surface area contributed by atoms with Crippen LogP contribution in [0.25, 0.3) is 11.0 Å². The Morgan fingerprint density at radius 3 is 2.31 bits per heavy atom. The summed E-state index contributed by atoms with van der Waals surface area (Å²) in [7, 11) is 0. The number of imidazole rings is 1. The second-order valence-corrected chi connectivity index (χ2v) is 7.70. The molecule has 32 heavy (non-hydrogen) atoms. The van der Waals surface area contributed by atoms with E-state index >= 15 is 0 Å². The van der Waals surface area contributed by atoms with Gasteiger partial charge in [0.25, 0.3) is 0 Å². The van der Waals surface area contributed by atoms with Gasteiger partial charge in [-0.05, 0) is 42.7 Å². The van der Waals surface area contributed by atoms with Crippen LogP contribution in [0.5, 0.6) is 11.5 Å². The van der Waals surface area contributed by atoms with Crippen LogP contribution in [0.1, 0.15) is 44.1 Å². The molecule has 4 rings (SSSR count). The van der Waals surface area contributed by atoms with Crippen molar-refractivity contribution in [3.8, 4) is 11.5 Å². The second kappa shape index (κ2) is 11.0. The number of rotatable bonds is 5. The number of alkyl halides is 3. The molecule has 3 N–H and O–H groups in total. The summed E-state index contributed by atoms with van der Waals surface area (Å²) in [5.41, 5.74) is 3.24. The SMILES string of the molecule is O=C(O)C(F)(F)F.c1nc2cc(Oc3ccc(CNC4CCCCCC4)cc3)ccc2[nH]1.